The van der Waals surface area contributed by atoms with E-state index in [1.54, 1.807) is 0 Å². The Balaban J connectivity index is 1.87. The van der Waals surface area contributed by atoms with Crippen LogP contribution in [0.5, 0.6) is 0 Å². The summed E-state index contributed by atoms with van der Waals surface area (Å²) in [5.74, 6) is 0.0325. The third-order valence-electron chi connectivity index (χ3n) is 3.48. The summed E-state index contributed by atoms with van der Waals surface area (Å²) in [7, 11) is 0. The Hall–Kier alpha value is -2.95. The molecule has 0 radical (unpaired) electrons. The second kappa shape index (κ2) is 10.8. The SMILES string of the molecule is CC(=O)C/C(C/C(C)=N/OCc1ccccc1)=N\OCc1ccccc1. The largest absolute Gasteiger partial charge is 0.391 e. The number of carbonyl (C=O) groups excluding carboxylic acids is 1. The fourth-order valence-electron chi connectivity index (χ4n) is 2.31. The molecule has 26 heavy (non-hydrogen) atoms. The minimum absolute atomic E-state index is 0.0325. The summed E-state index contributed by atoms with van der Waals surface area (Å²) in [4.78, 5) is 22.2. The molecule has 0 fully saturated rings. The van der Waals surface area contributed by atoms with Crippen LogP contribution >= 0.6 is 0 Å². The molecule has 0 bridgehead atoms. The topological polar surface area (TPSA) is 60.2 Å². The molecule has 0 saturated heterocycles. The van der Waals surface area contributed by atoms with Crippen LogP contribution in [0.3, 0.4) is 0 Å². The maximum absolute atomic E-state index is 11.5. The van der Waals surface area contributed by atoms with Crippen LogP contribution < -0.4 is 0 Å². The van der Waals surface area contributed by atoms with Crippen LogP contribution in [0, 0.1) is 0 Å². The van der Waals surface area contributed by atoms with E-state index in [9.17, 15) is 4.79 Å². The molecule has 2 aromatic rings. The number of ketones is 1. The van der Waals surface area contributed by atoms with Crippen molar-refractivity contribution < 1.29 is 14.5 Å². The summed E-state index contributed by atoms with van der Waals surface area (Å²) >= 11 is 0. The Bertz CT molecular complexity index is 740. The van der Waals surface area contributed by atoms with Gasteiger partial charge in [-0.3, -0.25) is 4.79 Å². The van der Waals surface area contributed by atoms with Gasteiger partial charge < -0.3 is 9.68 Å². The lowest BCUT2D eigenvalue weighted by atomic mass is 10.1. The number of hydrogen-bond donors (Lipinski definition) is 0. The van der Waals surface area contributed by atoms with E-state index in [0.717, 1.165) is 16.8 Å². The maximum atomic E-state index is 11.5. The van der Waals surface area contributed by atoms with Gasteiger partial charge in [0.25, 0.3) is 0 Å². The average molecular weight is 352 g/mol. The molecule has 5 nitrogen and oxygen atoms in total. The molecule has 0 aliphatic heterocycles. The third kappa shape index (κ3) is 7.75. The number of rotatable bonds is 10. The van der Waals surface area contributed by atoms with Crippen molar-refractivity contribution in [3.63, 3.8) is 0 Å². The van der Waals surface area contributed by atoms with Crippen LogP contribution in [0.25, 0.3) is 0 Å². The summed E-state index contributed by atoms with van der Waals surface area (Å²) in [6.07, 6.45) is 0.670. The number of oxime groups is 2. The molecule has 0 unspecified atom stereocenters. The van der Waals surface area contributed by atoms with Crippen molar-refractivity contribution >= 4 is 17.2 Å². The number of Topliss-reactive ketones (excluding diaryl/α,β-unsaturated/α-hetero) is 1. The quantitative estimate of drug-likeness (QED) is 0.466. The van der Waals surface area contributed by atoms with Gasteiger partial charge in [0.05, 0.1) is 11.4 Å². The van der Waals surface area contributed by atoms with Gasteiger partial charge in [-0.15, -0.1) is 0 Å². The summed E-state index contributed by atoms with van der Waals surface area (Å²) in [5.41, 5.74) is 3.45. The highest BCUT2D eigenvalue weighted by atomic mass is 16.6. The van der Waals surface area contributed by atoms with Gasteiger partial charge in [0, 0.05) is 12.8 Å². The second-order valence-electron chi connectivity index (χ2n) is 6.06. The monoisotopic (exact) mass is 352 g/mol. The first-order valence-corrected chi connectivity index (χ1v) is 8.54. The molecule has 5 heteroatoms. The van der Waals surface area contributed by atoms with Gasteiger partial charge in [0.15, 0.2) is 0 Å². The molecule has 0 aromatic heterocycles. The van der Waals surface area contributed by atoms with Crippen molar-refractivity contribution in [1.29, 1.82) is 0 Å². The minimum atomic E-state index is 0.0325. The van der Waals surface area contributed by atoms with E-state index in [1.807, 2.05) is 67.6 Å². The van der Waals surface area contributed by atoms with Crippen LogP contribution in [-0.4, -0.2) is 17.2 Å². The summed E-state index contributed by atoms with van der Waals surface area (Å²) < 4.78 is 0. The summed E-state index contributed by atoms with van der Waals surface area (Å²) in [6.45, 7) is 4.15. The maximum Gasteiger partial charge on any atom is 0.142 e. The van der Waals surface area contributed by atoms with E-state index in [-0.39, 0.29) is 12.2 Å². The van der Waals surface area contributed by atoms with Gasteiger partial charge in [-0.25, -0.2) is 0 Å². The highest BCUT2D eigenvalue weighted by Gasteiger charge is 2.07. The zero-order valence-corrected chi connectivity index (χ0v) is 15.2. The zero-order chi connectivity index (χ0) is 18.6. The molecule has 0 heterocycles. The second-order valence-corrected chi connectivity index (χ2v) is 6.06. The van der Waals surface area contributed by atoms with E-state index in [2.05, 4.69) is 10.3 Å². The van der Waals surface area contributed by atoms with Gasteiger partial charge >= 0.3 is 0 Å². The van der Waals surface area contributed by atoms with Crippen molar-refractivity contribution in [3.05, 3.63) is 71.8 Å². The van der Waals surface area contributed by atoms with E-state index in [0.29, 0.717) is 25.3 Å². The minimum Gasteiger partial charge on any atom is -0.391 e. The average Bonchev–Trinajstić information content (AvgIpc) is 2.63. The molecule has 0 aliphatic rings. The van der Waals surface area contributed by atoms with E-state index < -0.39 is 0 Å². The van der Waals surface area contributed by atoms with Gasteiger partial charge in [-0.2, -0.15) is 0 Å². The van der Waals surface area contributed by atoms with Gasteiger partial charge in [0.2, 0.25) is 0 Å². The highest BCUT2D eigenvalue weighted by Crippen LogP contribution is 2.05. The standard InChI is InChI=1S/C21H24N2O3/c1-17(22-25-15-19-9-5-3-6-10-19)13-21(14-18(2)24)23-26-16-20-11-7-4-8-12-20/h3-12H,13-16H2,1-2H3/b22-17+,23-21-. The van der Waals surface area contributed by atoms with Crippen molar-refractivity contribution in [3.8, 4) is 0 Å². The molecular weight excluding hydrogens is 328 g/mol. The molecule has 0 spiro atoms. The van der Waals surface area contributed by atoms with Gasteiger partial charge in [-0.1, -0.05) is 71.0 Å². The number of nitrogens with zero attached hydrogens (tertiary/aromatic N) is 2. The smallest absolute Gasteiger partial charge is 0.142 e. The first-order chi connectivity index (χ1) is 12.6. The van der Waals surface area contributed by atoms with E-state index >= 15 is 0 Å². The molecule has 2 rings (SSSR count). The molecular formula is C21H24N2O3. The highest BCUT2D eigenvalue weighted by molar-refractivity contribution is 6.09. The van der Waals surface area contributed by atoms with Gasteiger partial charge in [-0.05, 0) is 25.0 Å². The predicted octanol–water partition coefficient (Wildman–Crippen LogP) is 4.52. The lowest BCUT2D eigenvalue weighted by Crippen LogP contribution is -2.10. The Morgan fingerprint density at radius 2 is 1.27 bits per heavy atom. The van der Waals surface area contributed by atoms with Crippen LogP contribution in [0.2, 0.25) is 0 Å². The van der Waals surface area contributed by atoms with Crippen molar-refractivity contribution in [2.75, 3.05) is 0 Å². The summed E-state index contributed by atoms with van der Waals surface area (Å²) in [5, 5.41) is 8.23. The number of benzene rings is 2. The Kier molecular flexibility index (Phi) is 8.06. The van der Waals surface area contributed by atoms with Crippen molar-refractivity contribution in [2.24, 2.45) is 10.3 Å². The lowest BCUT2D eigenvalue weighted by molar-refractivity contribution is -0.115. The fraction of sp³-hybridized carbons (Fsp3) is 0.286. The summed E-state index contributed by atoms with van der Waals surface area (Å²) in [6, 6.07) is 19.6. The van der Waals surface area contributed by atoms with Crippen molar-refractivity contribution in [2.45, 2.75) is 39.9 Å². The number of carbonyl (C=O) groups is 1. The molecule has 2 aromatic carbocycles. The van der Waals surface area contributed by atoms with Crippen LogP contribution in [0.1, 0.15) is 37.8 Å². The molecule has 0 amide bonds. The fourth-order valence-corrected chi connectivity index (χ4v) is 2.31. The normalized spacial score (nSPS) is 11.9. The molecule has 0 N–H and O–H groups in total. The Morgan fingerprint density at radius 1 is 0.769 bits per heavy atom. The zero-order valence-electron chi connectivity index (χ0n) is 15.2. The first-order valence-electron chi connectivity index (χ1n) is 8.54. The molecule has 0 saturated carbocycles. The Morgan fingerprint density at radius 3 is 1.77 bits per heavy atom. The number of hydrogen-bond acceptors (Lipinski definition) is 5. The van der Waals surface area contributed by atoms with E-state index in [1.165, 1.54) is 6.92 Å². The third-order valence-corrected chi connectivity index (χ3v) is 3.48. The molecule has 0 aliphatic carbocycles. The first kappa shape index (κ1) is 19.4. The van der Waals surface area contributed by atoms with Crippen LogP contribution in [0.4, 0.5) is 0 Å². The van der Waals surface area contributed by atoms with Gasteiger partial charge in [0.1, 0.15) is 19.0 Å². The Labute approximate surface area is 154 Å². The lowest BCUT2D eigenvalue weighted by Gasteiger charge is -2.06. The van der Waals surface area contributed by atoms with Crippen LogP contribution in [-0.2, 0) is 27.7 Å². The molecule has 0 atom stereocenters. The van der Waals surface area contributed by atoms with Crippen molar-refractivity contribution in [1.82, 2.24) is 0 Å². The predicted molar refractivity (Wildman–Crippen MR) is 103 cm³/mol. The van der Waals surface area contributed by atoms with Crippen LogP contribution in [0.15, 0.2) is 71.0 Å². The molecule has 136 valence electrons. The van der Waals surface area contributed by atoms with E-state index in [4.69, 9.17) is 9.68 Å².